The van der Waals surface area contributed by atoms with Crippen LogP contribution in [-0.4, -0.2) is 17.0 Å². The largest absolute Gasteiger partial charge is 0.481 e. The maximum atomic E-state index is 12.6. The molecule has 1 heterocycles. The molecule has 4 nitrogen and oxygen atoms in total. The van der Waals surface area contributed by atoms with Crippen LogP contribution in [0.5, 0.6) is 0 Å². The van der Waals surface area contributed by atoms with E-state index in [-0.39, 0.29) is 17.7 Å². The van der Waals surface area contributed by atoms with E-state index < -0.39 is 17.9 Å². The van der Waals surface area contributed by atoms with Crippen molar-refractivity contribution in [3.63, 3.8) is 0 Å². The van der Waals surface area contributed by atoms with E-state index in [0.29, 0.717) is 0 Å². The van der Waals surface area contributed by atoms with Gasteiger partial charge in [-0.1, -0.05) is 30.3 Å². The first-order chi connectivity index (χ1) is 11.5. The highest BCUT2D eigenvalue weighted by molar-refractivity contribution is 7.10. The van der Waals surface area contributed by atoms with Gasteiger partial charge in [0.1, 0.15) is 0 Å². The number of amides is 1. The smallest absolute Gasteiger partial charge is 0.308 e. The molecule has 1 aliphatic rings. The Hall–Kier alpha value is -2.14. The van der Waals surface area contributed by atoms with E-state index in [1.54, 1.807) is 18.3 Å². The van der Waals surface area contributed by atoms with Gasteiger partial charge in [0.25, 0.3) is 0 Å². The number of carboxylic acid groups (broad SMARTS) is 1. The van der Waals surface area contributed by atoms with Crippen LogP contribution in [0.25, 0.3) is 0 Å². The van der Waals surface area contributed by atoms with Gasteiger partial charge in [0, 0.05) is 16.7 Å². The van der Waals surface area contributed by atoms with Gasteiger partial charge < -0.3 is 10.4 Å². The molecule has 1 fully saturated rings. The molecule has 0 bridgehead atoms. The van der Waals surface area contributed by atoms with Crippen LogP contribution in [0.15, 0.2) is 41.8 Å². The third-order valence-corrected chi connectivity index (χ3v) is 5.86. The van der Waals surface area contributed by atoms with Gasteiger partial charge in [-0.15, -0.1) is 11.3 Å². The lowest BCUT2D eigenvalue weighted by Crippen LogP contribution is -2.36. The van der Waals surface area contributed by atoms with Gasteiger partial charge in [-0.25, -0.2) is 0 Å². The van der Waals surface area contributed by atoms with Crippen molar-refractivity contribution in [1.82, 2.24) is 5.32 Å². The molecule has 0 aliphatic heterocycles. The average molecular weight is 343 g/mol. The van der Waals surface area contributed by atoms with Crippen LogP contribution in [0.1, 0.15) is 41.3 Å². The van der Waals surface area contributed by atoms with Crippen LogP contribution in [0.2, 0.25) is 0 Å². The van der Waals surface area contributed by atoms with Crippen molar-refractivity contribution in [2.75, 3.05) is 0 Å². The highest BCUT2D eigenvalue weighted by atomic mass is 32.1. The zero-order valence-electron chi connectivity index (χ0n) is 13.7. The maximum Gasteiger partial charge on any atom is 0.308 e. The number of carbonyl (C=O) groups is 2. The standard InChI is InChI=1S/C19H21NO3S/c1-11-8-9-24-17(11)14-10-15(14)18(21)20-16(12(2)19(22)23)13-6-4-3-5-7-13/h3-9,12,14-16H,10H2,1-2H3,(H,20,21)(H,22,23). The normalized spacial score (nSPS) is 21.8. The third kappa shape index (κ3) is 3.36. The number of carbonyl (C=O) groups excluding carboxylic acids is 1. The Labute approximate surface area is 145 Å². The second kappa shape index (κ2) is 6.77. The average Bonchev–Trinajstić information content (AvgIpc) is 3.26. The summed E-state index contributed by atoms with van der Waals surface area (Å²) >= 11 is 1.69. The van der Waals surface area contributed by atoms with Crippen LogP contribution >= 0.6 is 11.3 Å². The molecule has 1 aromatic carbocycles. The predicted octanol–water partition coefficient (Wildman–Crippen LogP) is 3.74. The van der Waals surface area contributed by atoms with E-state index in [0.717, 1.165) is 12.0 Å². The summed E-state index contributed by atoms with van der Waals surface area (Å²) < 4.78 is 0. The summed E-state index contributed by atoms with van der Waals surface area (Å²) in [7, 11) is 0. The lowest BCUT2D eigenvalue weighted by molar-refractivity contribution is -0.142. The Balaban J connectivity index is 1.73. The number of rotatable bonds is 6. The molecule has 1 aromatic heterocycles. The minimum absolute atomic E-state index is 0.0465. The first-order valence-electron chi connectivity index (χ1n) is 8.11. The van der Waals surface area contributed by atoms with Crippen molar-refractivity contribution in [1.29, 1.82) is 0 Å². The summed E-state index contributed by atoms with van der Waals surface area (Å²) in [4.78, 5) is 25.3. The van der Waals surface area contributed by atoms with Crippen LogP contribution in [0.3, 0.4) is 0 Å². The molecule has 1 aliphatic carbocycles. The molecular formula is C19H21NO3S. The first kappa shape index (κ1) is 16.7. The number of thiophene rings is 1. The van der Waals surface area contributed by atoms with Crippen molar-refractivity contribution in [3.05, 3.63) is 57.8 Å². The number of carboxylic acids is 1. The summed E-state index contributed by atoms with van der Waals surface area (Å²) in [6.07, 6.45) is 0.843. The van der Waals surface area contributed by atoms with Gasteiger partial charge in [-0.2, -0.15) is 0 Å². The second-order valence-electron chi connectivity index (χ2n) is 6.44. The van der Waals surface area contributed by atoms with E-state index in [1.807, 2.05) is 30.3 Å². The number of aryl methyl sites for hydroxylation is 1. The zero-order valence-corrected chi connectivity index (χ0v) is 14.5. The molecule has 2 N–H and O–H groups in total. The van der Waals surface area contributed by atoms with Gasteiger partial charge in [0.2, 0.25) is 5.91 Å². The van der Waals surface area contributed by atoms with Crippen molar-refractivity contribution in [3.8, 4) is 0 Å². The van der Waals surface area contributed by atoms with E-state index in [2.05, 4.69) is 23.7 Å². The molecule has 2 aromatic rings. The lowest BCUT2D eigenvalue weighted by Gasteiger charge is -2.23. The van der Waals surface area contributed by atoms with E-state index >= 15 is 0 Å². The van der Waals surface area contributed by atoms with Crippen LogP contribution in [0.4, 0.5) is 0 Å². The summed E-state index contributed by atoms with van der Waals surface area (Å²) in [5.74, 6) is -1.41. The number of nitrogens with one attached hydrogen (secondary N) is 1. The Morgan fingerprint density at radius 1 is 1.25 bits per heavy atom. The number of benzene rings is 1. The van der Waals surface area contributed by atoms with Crippen molar-refractivity contribution in [2.24, 2.45) is 11.8 Å². The molecule has 4 unspecified atom stereocenters. The molecule has 3 rings (SSSR count). The van der Waals surface area contributed by atoms with E-state index in [9.17, 15) is 14.7 Å². The predicted molar refractivity (Wildman–Crippen MR) is 94.0 cm³/mol. The molecule has 0 radical (unpaired) electrons. The number of aliphatic carboxylic acids is 1. The van der Waals surface area contributed by atoms with Crippen LogP contribution in [0, 0.1) is 18.8 Å². The first-order valence-corrected chi connectivity index (χ1v) is 8.99. The molecule has 5 heteroatoms. The van der Waals surface area contributed by atoms with Gasteiger partial charge in [-0.05, 0) is 42.8 Å². The fourth-order valence-electron chi connectivity index (χ4n) is 3.10. The highest BCUT2D eigenvalue weighted by Crippen LogP contribution is 2.50. The summed E-state index contributed by atoms with van der Waals surface area (Å²) in [5, 5.41) is 14.4. The second-order valence-corrected chi connectivity index (χ2v) is 7.39. The Kier molecular flexibility index (Phi) is 4.71. The summed E-state index contributed by atoms with van der Waals surface area (Å²) in [5.41, 5.74) is 2.06. The molecular weight excluding hydrogens is 322 g/mol. The zero-order chi connectivity index (χ0) is 17.3. The van der Waals surface area contributed by atoms with Crippen LogP contribution < -0.4 is 5.32 Å². The molecule has 1 saturated carbocycles. The molecule has 1 amide bonds. The van der Waals surface area contributed by atoms with Gasteiger partial charge in [0.15, 0.2) is 0 Å². The molecule has 0 saturated heterocycles. The summed E-state index contributed by atoms with van der Waals surface area (Å²) in [6, 6.07) is 10.9. The van der Waals surface area contributed by atoms with E-state index in [1.165, 1.54) is 10.4 Å². The van der Waals surface area contributed by atoms with Gasteiger partial charge in [-0.3, -0.25) is 9.59 Å². The monoisotopic (exact) mass is 343 g/mol. The Morgan fingerprint density at radius 2 is 1.96 bits per heavy atom. The molecule has 126 valence electrons. The number of hydrogen-bond donors (Lipinski definition) is 2. The highest BCUT2D eigenvalue weighted by Gasteiger charge is 2.46. The molecule has 4 atom stereocenters. The number of hydrogen-bond acceptors (Lipinski definition) is 3. The minimum Gasteiger partial charge on any atom is -0.481 e. The minimum atomic E-state index is -0.911. The lowest BCUT2D eigenvalue weighted by atomic mass is 9.94. The molecule has 24 heavy (non-hydrogen) atoms. The third-order valence-electron chi connectivity index (χ3n) is 4.71. The van der Waals surface area contributed by atoms with Crippen LogP contribution in [-0.2, 0) is 9.59 Å². The maximum absolute atomic E-state index is 12.6. The SMILES string of the molecule is Cc1ccsc1C1CC1C(=O)NC(c1ccccc1)C(C)C(=O)O. The van der Waals surface area contributed by atoms with Crippen molar-refractivity contribution < 1.29 is 14.7 Å². The fraction of sp³-hybridized carbons (Fsp3) is 0.368. The summed E-state index contributed by atoms with van der Waals surface area (Å²) in [6.45, 7) is 3.70. The van der Waals surface area contributed by atoms with Gasteiger partial charge >= 0.3 is 5.97 Å². The van der Waals surface area contributed by atoms with Crippen molar-refractivity contribution in [2.45, 2.75) is 32.2 Å². The molecule has 0 spiro atoms. The topological polar surface area (TPSA) is 66.4 Å². The van der Waals surface area contributed by atoms with E-state index in [4.69, 9.17) is 0 Å². The van der Waals surface area contributed by atoms with Crippen molar-refractivity contribution >= 4 is 23.2 Å². The Bertz CT molecular complexity index is 740. The fourth-order valence-corrected chi connectivity index (χ4v) is 4.21. The van der Waals surface area contributed by atoms with Gasteiger partial charge in [0.05, 0.1) is 12.0 Å². The quantitative estimate of drug-likeness (QED) is 0.840. The Morgan fingerprint density at radius 3 is 2.54 bits per heavy atom.